The Morgan fingerprint density at radius 1 is 1.43 bits per heavy atom. The van der Waals surface area contributed by atoms with Crippen molar-refractivity contribution < 1.29 is 0 Å². The Morgan fingerprint density at radius 3 is 2.57 bits per heavy atom. The molecule has 3 N–H and O–H groups in total. The molecule has 0 saturated heterocycles. The summed E-state index contributed by atoms with van der Waals surface area (Å²) >= 11 is 4.57. The molecule has 0 aliphatic heterocycles. The number of hydrogen-bond acceptors (Lipinski definition) is 4. The molecular formula is C8H5N3O2S. The highest BCUT2D eigenvalue weighted by atomic mass is 32.1. The van der Waals surface area contributed by atoms with Crippen molar-refractivity contribution >= 4 is 17.2 Å². The molecule has 0 fully saturated rings. The molecule has 0 atom stereocenters. The molecule has 5 nitrogen and oxygen atoms in total. The lowest BCUT2D eigenvalue weighted by molar-refractivity contribution is 1.33. The normalized spacial score (nSPS) is 9.07. The van der Waals surface area contributed by atoms with E-state index in [2.05, 4.69) is 17.2 Å². The van der Waals surface area contributed by atoms with Crippen LogP contribution in [0.4, 0.5) is 0 Å². The summed E-state index contributed by atoms with van der Waals surface area (Å²) < 4.78 is 0. The van der Waals surface area contributed by atoms with Crippen LogP contribution in [0.3, 0.4) is 0 Å². The second kappa shape index (κ2) is 3.81. The van der Waals surface area contributed by atoms with Crippen LogP contribution < -0.4 is 16.6 Å². The molecule has 1 rings (SSSR count). The minimum atomic E-state index is -0.906. The third kappa shape index (κ3) is 1.67. The van der Waals surface area contributed by atoms with Crippen LogP contribution >= 0.6 is 12.2 Å². The first-order chi connectivity index (χ1) is 6.57. The summed E-state index contributed by atoms with van der Waals surface area (Å²) in [5, 5.41) is 8.51. The summed E-state index contributed by atoms with van der Waals surface area (Å²) in [6, 6.07) is 1.59. The number of aromatic nitrogens is 1. The smallest absolute Gasteiger partial charge is 0.245 e. The molecular weight excluding hydrogens is 202 g/mol. The molecule has 6 heteroatoms. The van der Waals surface area contributed by atoms with Gasteiger partial charge in [0.15, 0.2) is 0 Å². The molecule has 14 heavy (non-hydrogen) atoms. The van der Waals surface area contributed by atoms with Gasteiger partial charge in [0.25, 0.3) is 0 Å². The van der Waals surface area contributed by atoms with Crippen molar-refractivity contribution in [1.29, 1.82) is 5.26 Å². The minimum Gasteiger partial charge on any atom is -0.389 e. The van der Waals surface area contributed by atoms with Crippen LogP contribution in [0.1, 0.15) is 11.1 Å². The number of nitrogens with one attached hydrogen (secondary N) is 1. The Balaban J connectivity index is 3.78. The maximum Gasteiger partial charge on any atom is 0.245 e. The number of rotatable bonds is 1. The topological polar surface area (TPSA) is 99.7 Å². The highest BCUT2D eigenvalue weighted by molar-refractivity contribution is 7.80. The van der Waals surface area contributed by atoms with Crippen molar-refractivity contribution in [2.45, 2.75) is 0 Å². The SMILES string of the molecule is N#Cc1c[nH]cc(C(N)=S)c(=O)c1=O. The van der Waals surface area contributed by atoms with Crippen LogP contribution in [0.2, 0.25) is 0 Å². The zero-order chi connectivity index (χ0) is 10.7. The van der Waals surface area contributed by atoms with Gasteiger partial charge in [-0.3, -0.25) is 9.59 Å². The third-order valence-corrected chi connectivity index (χ3v) is 1.76. The van der Waals surface area contributed by atoms with E-state index in [1.54, 1.807) is 6.07 Å². The van der Waals surface area contributed by atoms with Crippen molar-refractivity contribution in [3.8, 4) is 6.07 Å². The maximum absolute atomic E-state index is 11.3. The lowest BCUT2D eigenvalue weighted by Crippen LogP contribution is -2.30. The van der Waals surface area contributed by atoms with Gasteiger partial charge >= 0.3 is 0 Å². The monoisotopic (exact) mass is 207 g/mol. The Labute approximate surface area is 83.8 Å². The van der Waals surface area contributed by atoms with Gasteiger partial charge in [-0.1, -0.05) is 12.2 Å². The molecule has 0 bridgehead atoms. The summed E-state index contributed by atoms with van der Waals surface area (Å²) in [7, 11) is 0. The van der Waals surface area contributed by atoms with Gasteiger partial charge in [0, 0.05) is 12.4 Å². The largest absolute Gasteiger partial charge is 0.389 e. The van der Waals surface area contributed by atoms with E-state index >= 15 is 0 Å². The molecule has 0 aliphatic carbocycles. The molecule has 1 heterocycles. The van der Waals surface area contributed by atoms with Crippen molar-refractivity contribution in [3.63, 3.8) is 0 Å². The van der Waals surface area contributed by atoms with Crippen LogP contribution in [0, 0.1) is 11.3 Å². The van der Waals surface area contributed by atoms with Crippen LogP contribution in [0.25, 0.3) is 0 Å². The van der Waals surface area contributed by atoms with E-state index in [1.165, 1.54) is 6.20 Å². The summed E-state index contributed by atoms with van der Waals surface area (Å²) in [6.45, 7) is 0. The predicted octanol–water partition coefficient (Wildman–Crippen LogP) is -0.759. The number of H-pyrrole nitrogens is 1. The second-order valence-corrected chi connectivity index (χ2v) is 2.86. The van der Waals surface area contributed by atoms with Crippen LogP contribution in [0.15, 0.2) is 22.0 Å². The average Bonchev–Trinajstić information content (AvgIpc) is 2.28. The Hall–Kier alpha value is -2.00. The van der Waals surface area contributed by atoms with Crippen molar-refractivity contribution in [2.75, 3.05) is 0 Å². The molecule has 0 unspecified atom stereocenters. The zero-order valence-electron chi connectivity index (χ0n) is 6.90. The van der Waals surface area contributed by atoms with Gasteiger partial charge in [0.05, 0.1) is 5.56 Å². The van der Waals surface area contributed by atoms with Crippen LogP contribution in [-0.4, -0.2) is 9.97 Å². The van der Waals surface area contributed by atoms with E-state index in [4.69, 9.17) is 11.0 Å². The maximum atomic E-state index is 11.3. The Bertz CT molecular complexity index is 542. The first-order valence-corrected chi connectivity index (χ1v) is 3.94. The van der Waals surface area contributed by atoms with E-state index in [9.17, 15) is 9.59 Å². The lowest BCUT2D eigenvalue weighted by Gasteiger charge is -1.87. The van der Waals surface area contributed by atoms with Gasteiger partial charge in [-0.25, -0.2) is 0 Å². The van der Waals surface area contributed by atoms with Crippen molar-refractivity contribution in [3.05, 3.63) is 44.0 Å². The molecule has 1 aromatic rings. The summed E-state index contributed by atoms with van der Waals surface area (Å²) in [5.74, 6) is 0. The first kappa shape index (κ1) is 10.1. The molecule has 0 amide bonds. The molecule has 0 spiro atoms. The highest BCUT2D eigenvalue weighted by Crippen LogP contribution is 1.86. The molecule has 1 aromatic heterocycles. The molecule has 0 radical (unpaired) electrons. The fraction of sp³-hybridized carbons (Fsp3) is 0. The zero-order valence-corrected chi connectivity index (χ0v) is 7.72. The summed E-state index contributed by atoms with van der Waals surface area (Å²) in [6.07, 6.45) is 2.33. The second-order valence-electron chi connectivity index (χ2n) is 2.42. The van der Waals surface area contributed by atoms with Gasteiger partial charge in [-0.15, -0.1) is 0 Å². The van der Waals surface area contributed by atoms with E-state index in [0.29, 0.717) is 0 Å². The van der Waals surface area contributed by atoms with E-state index < -0.39 is 10.9 Å². The predicted molar refractivity (Wildman–Crippen MR) is 53.9 cm³/mol. The molecule has 0 saturated carbocycles. The van der Waals surface area contributed by atoms with E-state index in [-0.39, 0.29) is 16.1 Å². The Kier molecular flexibility index (Phi) is 2.74. The lowest BCUT2D eigenvalue weighted by atomic mass is 10.2. The number of nitriles is 1. The molecule has 0 aliphatic rings. The minimum absolute atomic E-state index is 0.0912. The van der Waals surface area contributed by atoms with Gasteiger partial charge in [-0.05, 0) is 0 Å². The first-order valence-electron chi connectivity index (χ1n) is 3.53. The quantitative estimate of drug-likeness (QED) is 0.465. The standard InChI is InChI=1S/C8H5N3O2S/c9-1-4-2-11-3-5(8(10)14)7(13)6(4)12/h2-3,11H,(H2,10,14). The van der Waals surface area contributed by atoms with Gasteiger partial charge < -0.3 is 10.7 Å². The fourth-order valence-corrected chi connectivity index (χ4v) is 1.00. The number of nitrogens with two attached hydrogens (primary N) is 1. The number of hydrogen-bond donors (Lipinski definition) is 2. The molecule has 70 valence electrons. The third-order valence-electron chi connectivity index (χ3n) is 1.54. The Morgan fingerprint density at radius 2 is 2.07 bits per heavy atom. The van der Waals surface area contributed by atoms with Crippen molar-refractivity contribution in [1.82, 2.24) is 4.98 Å². The van der Waals surface area contributed by atoms with E-state index in [0.717, 1.165) is 6.20 Å². The fourth-order valence-electron chi connectivity index (χ4n) is 0.850. The number of thiocarbonyl (C=S) groups is 1. The summed E-state index contributed by atoms with van der Waals surface area (Å²) in [5.41, 5.74) is 3.09. The number of nitrogens with zero attached hydrogens (tertiary/aromatic N) is 1. The van der Waals surface area contributed by atoms with Crippen LogP contribution in [-0.2, 0) is 0 Å². The average molecular weight is 207 g/mol. The van der Waals surface area contributed by atoms with Gasteiger partial charge in [0.2, 0.25) is 10.9 Å². The van der Waals surface area contributed by atoms with Gasteiger partial charge in [-0.2, -0.15) is 5.26 Å². The number of aromatic amines is 1. The van der Waals surface area contributed by atoms with E-state index in [1.807, 2.05) is 0 Å². The summed E-state index contributed by atoms with van der Waals surface area (Å²) in [4.78, 5) is 24.9. The highest BCUT2D eigenvalue weighted by Gasteiger charge is 2.07. The van der Waals surface area contributed by atoms with Gasteiger partial charge in [0.1, 0.15) is 16.6 Å². The van der Waals surface area contributed by atoms with Crippen LogP contribution in [0.5, 0.6) is 0 Å². The molecule has 0 aromatic carbocycles. The van der Waals surface area contributed by atoms with Crippen molar-refractivity contribution in [2.24, 2.45) is 5.73 Å².